The summed E-state index contributed by atoms with van der Waals surface area (Å²) in [7, 11) is 0. The second-order valence-electron chi connectivity index (χ2n) is 7.71. The number of hydrogen-bond donors (Lipinski definition) is 0. The van der Waals surface area contributed by atoms with Crippen molar-refractivity contribution in [3.63, 3.8) is 0 Å². The Morgan fingerprint density at radius 3 is 1.91 bits per heavy atom. The molecule has 4 aromatic carbocycles. The van der Waals surface area contributed by atoms with Gasteiger partial charge in [-0.25, -0.2) is 0 Å². The van der Waals surface area contributed by atoms with Crippen molar-refractivity contribution in [2.24, 2.45) is 0 Å². The van der Waals surface area contributed by atoms with Crippen LogP contribution in [0.25, 0.3) is 22.9 Å². The topological polar surface area (TPSA) is 20.3 Å². The van der Waals surface area contributed by atoms with Crippen molar-refractivity contribution in [1.29, 1.82) is 0 Å². The first-order chi connectivity index (χ1) is 16.1. The lowest BCUT2D eigenvalue weighted by molar-refractivity contribution is -0.113. The number of rotatable bonds is 4. The highest BCUT2D eigenvalue weighted by Gasteiger charge is 2.30. The maximum absolute atomic E-state index is 13.6. The van der Waals surface area contributed by atoms with Crippen LogP contribution in [0.2, 0.25) is 10.0 Å². The minimum absolute atomic E-state index is 0.104. The summed E-state index contributed by atoms with van der Waals surface area (Å²) in [5, 5.41) is 1.06. The average molecular weight is 468 g/mol. The van der Waals surface area contributed by atoms with Crippen LogP contribution in [-0.4, -0.2) is 5.91 Å². The molecule has 1 amide bonds. The van der Waals surface area contributed by atoms with Crippen molar-refractivity contribution >= 4 is 46.6 Å². The molecule has 1 heterocycles. The van der Waals surface area contributed by atoms with Gasteiger partial charge in [-0.3, -0.25) is 9.69 Å². The molecule has 5 rings (SSSR count). The molecule has 0 unspecified atom stereocenters. The van der Waals surface area contributed by atoms with Gasteiger partial charge in [0.1, 0.15) is 0 Å². The van der Waals surface area contributed by atoms with Crippen LogP contribution in [0, 0.1) is 0 Å². The molecule has 0 aromatic heterocycles. The zero-order valence-corrected chi connectivity index (χ0v) is 19.1. The van der Waals surface area contributed by atoms with E-state index in [9.17, 15) is 4.79 Å². The van der Waals surface area contributed by atoms with Crippen molar-refractivity contribution in [1.82, 2.24) is 0 Å². The Hall–Kier alpha value is -3.59. The summed E-state index contributed by atoms with van der Waals surface area (Å²) in [6, 6.07) is 33.4. The third-order valence-corrected chi connectivity index (χ3v) is 6.12. The van der Waals surface area contributed by atoms with Crippen LogP contribution in [0.1, 0.15) is 11.1 Å². The molecule has 0 saturated carbocycles. The molecule has 0 spiro atoms. The number of nitrogens with zero attached hydrogens (tertiary/aromatic N) is 1. The van der Waals surface area contributed by atoms with Crippen LogP contribution in [-0.2, 0) is 4.79 Å². The van der Waals surface area contributed by atoms with E-state index < -0.39 is 0 Å². The molecule has 0 N–H and O–H groups in total. The minimum atomic E-state index is -0.104. The van der Waals surface area contributed by atoms with Gasteiger partial charge in [0.15, 0.2) is 0 Å². The van der Waals surface area contributed by atoms with E-state index in [0.717, 1.165) is 33.6 Å². The van der Waals surface area contributed by atoms with Gasteiger partial charge in [0.2, 0.25) is 0 Å². The molecule has 160 valence electrons. The maximum Gasteiger partial charge on any atom is 0.262 e. The normalized spacial score (nSPS) is 14.6. The Labute approximate surface area is 203 Å². The fraction of sp³-hybridized carbons (Fsp3) is 0. The van der Waals surface area contributed by atoms with Gasteiger partial charge in [-0.05, 0) is 58.7 Å². The highest BCUT2D eigenvalue weighted by molar-refractivity contribution is 6.35. The summed E-state index contributed by atoms with van der Waals surface area (Å²) in [5.74, 6) is -0.104. The van der Waals surface area contributed by atoms with Gasteiger partial charge in [0, 0.05) is 21.3 Å². The van der Waals surface area contributed by atoms with Gasteiger partial charge in [0.25, 0.3) is 5.91 Å². The second-order valence-corrected chi connectivity index (χ2v) is 8.56. The smallest absolute Gasteiger partial charge is 0.262 e. The van der Waals surface area contributed by atoms with Crippen LogP contribution >= 0.6 is 23.2 Å². The predicted molar refractivity (Wildman–Crippen MR) is 138 cm³/mol. The number of anilines is 1. The number of halogens is 2. The van der Waals surface area contributed by atoms with Crippen molar-refractivity contribution in [3.8, 4) is 11.1 Å². The van der Waals surface area contributed by atoms with Gasteiger partial charge < -0.3 is 0 Å². The maximum atomic E-state index is 13.6. The first kappa shape index (κ1) is 21.3. The second kappa shape index (κ2) is 9.11. The third-order valence-electron chi connectivity index (χ3n) is 5.56. The van der Waals surface area contributed by atoms with Crippen molar-refractivity contribution in [2.75, 3.05) is 4.90 Å². The third kappa shape index (κ3) is 4.36. The van der Waals surface area contributed by atoms with E-state index in [1.54, 1.807) is 17.0 Å². The number of benzene rings is 4. The Kier molecular flexibility index (Phi) is 5.87. The lowest BCUT2D eigenvalue weighted by Gasteiger charge is -2.21. The van der Waals surface area contributed by atoms with Gasteiger partial charge in [-0.15, -0.1) is 0 Å². The summed E-state index contributed by atoms with van der Waals surface area (Å²) in [5.41, 5.74) is 6.13. The number of carbonyl (C=O) groups is 1. The fourth-order valence-electron chi connectivity index (χ4n) is 3.91. The summed E-state index contributed by atoms with van der Waals surface area (Å²) < 4.78 is 0. The molecule has 1 aliphatic rings. The molecule has 0 fully saturated rings. The first-order valence-electron chi connectivity index (χ1n) is 10.5. The number of amides is 1. The van der Waals surface area contributed by atoms with Crippen molar-refractivity contribution < 1.29 is 4.79 Å². The highest BCUT2D eigenvalue weighted by Crippen LogP contribution is 2.36. The molecule has 4 aromatic rings. The molecule has 4 heteroatoms. The summed E-state index contributed by atoms with van der Waals surface area (Å²) >= 11 is 12.4. The van der Waals surface area contributed by atoms with E-state index in [1.807, 2.05) is 91.0 Å². The lowest BCUT2D eigenvalue weighted by Crippen LogP contribution is -2.24. The molecular weight excluding hydrogens is 449 g/mol. The van der Waals surface area contributed by atoms with Crippen LogP contribution in [0.4, 0.5) is 5.69 Å². The molecule has 2 nitrogen and oxygen atoms in total. The minimum Gasteiger partial charge on any atom is -0.276 e. The molecule has 33 heavy (non-hydrogen) atoms. The standard InChI is InChI=1S/C29H19Cl2NO/c30-25-14-11-23(27(31)19-25)17-24-18-28(22-9-5-2-6-10-22)32(29(24)33)26-15-12-21(13-16-26)20-7-3-1-4-8-20/h1-19H/b24-17+. The van der Waals surface area contributed by atoms with E-state index in [0.29, 0.717) is 15.6 Å². The summed E-state index contributed by atoms with van der Waals surface area (Å²) in [6.07, 6.45) is 3.72. The van der Waals surface area contributed by atoms with Gasteiger partial charge in [-0.1, -0.05) is 102 Å². The van der Waals surface area contributed by atoms with Crippen molar-refractivity contribution in [3.05, 3.63) is 136 Å². The van der Waals surface area contributed by atoms with Crippen LogP contribution in [0.3, 0.4) is 0 Å². The highest BCUT2D eigenvalue weighted by atomic mass is 35.5. The van der Waals surface area contributed by atoms with Gasteiger partial charge >= 0.3 is 0 Å². The molecular formula is C29H19Cl2NO. The summed E-state index contributed by atoms with van der Waals surface area (Å²) in [4.78, 5) is 15.3. The van der Waals surface area contributed by atoms with E-state index in [-0.39, 0.29) is 5.91 Å². The van der Waals surface area contributed by atoms with E-state index in [2.05, 4.69) is 12.1 Å². The van der Waals surface area contributed by atoms with E-state index in [4.69, 9.17) is 23.2 Å². The van der Waals surface area contributed by atoms with E-state index >= 15 is 0 Å². The fourth-order valence-corrected chi connectivity index (χ4v) is 4.38. The lowest BCUT2D eigenvalue weighted by atomic mass is 10.0. The quantitative estimate of drug-likeness (QED) is 0.277. The van der Waals surface area contributed by atoms with Gasteiger partial charge in [-0.2, -0.15) is 0 Å². The molecule has 1 aliphatic heterocycles. The van der Waals surface area contributed by atoms with Crippen LogP contribution in [0.15, 0.2) is 115 Å². The molecule has 0 bridgehead atoms. The SMILES string of the molecule is O=C1/C(=C/c2ccc(Cl)cc2Cl)C=C(c2ccccc2)N1c1ccc(-c2ccccc2)cc1. The largest absolute Gasteiger partial charge is 0.276 e. The van der Waals surface area contributed by atoms with E-state index in [1.165, 1.54) is 0 Å². The predicted octanol–water partition coefficient (Wildman–Crippen LogP) is 8.13. The number of hydrogen-bond acceptors (Lipinski definition) is 1. The molecule has 0 aliphatic carbocycles. The molecule has 0 radical (unpaired) electrons. The Morgan fingerprint density at radius 2 is 1.27 bits per heavy atom. The van der Waals surface area contributed by atoms with Gasteiger partial charge in [0.05, 0.1) is 5.70 Å². The number of carbonyl (C=O) groups excluding carboxylic acids is 1. The average Bonchev–Trinajstić information content (AvgIpc) is 3.18. The monoisotopic (exact) mass is 467 g/mol. The summed E-state index contributed by atoms with van der Waals surface area (Å²) in [6.45, 7) is 0. The van der Waals surface area contributed by atoms with Crippen LogP contribution < -0.4 is 4.90 Å². The Morgan fingerprint density at radius 1 is 0.667 bits per heavy atom. The zero-order valence-electron chi connectivity index (χ0n) is 17.6. The molecule has 0 saturated heterocycles. The first-order valence-corrected chi connectivity index (χ1v) is 11.3. The Bertz CT molecular complexity index is 1370. The Balaban J connectivity index is 1.56. The molecule has 0 atom stereocenters. The zero-order chi connectivity index (χ0) is 22.8. The van der Waals surface area contributed by atoms with Crippen LogP contribution in [0.5, 0.6) is 0 Å². The van der Waals surface area contributed by atoms with Crippen molar-refractivity contribution in [2.45, 2.75) is 0 Å².